The van der Waals surface area contributed by atoms with Crippen molar-refractivity contribution in [3.63, 3.8) is 0 Å². The van der Waals surface area contributed by atoms with Gasteiger partial charge in [-0.1, -0.05) is 0 Å². The van der Waals surface area contributed by atoms with Crippen molar-refractivity contribution in [3.05, 3.63) is 0 Å². The summed E-state index contributed by atoms with van der Waals surface area (Å²) in [7, 11) is 0. The van der Waals surface area contributed by atoms with Crippen molar-refractivity contribution in [2.24, 2.45) is 0 Å². The first-order valence-corrected chi connectivity index (χ1v) is 0.908. The third kappa shape index (κ3) is 289. The Morgan fingerprint density at radius 2 is 1.57 bits per heavy atom. The molecule has 0 aliphatic carbocycles. The average Bonchev–Trinajstić information content (AvgIpc) is 0.811. The van der Waals surface area contributed by atoms with Crippen molar-refractivity contribution in [3.8, 4) is 0 Å². The van der Waals surface area contributed by atoms with Crippen molar-refractivity contribution in [1.82, 2.24) is 6.15 Å². The number of hydrogen-bond acceptors (Lipinski definition) is 3. The zero-order valence-electron chi connectivity index (χ0n) is 4.43. The predicted molar refractivity (Wildman–Crippen MR) is 23.0 cm³/mol. The van der Waals surface area contributed by atoms with Gasteiger partial charge in [-0.2, -0.15) is 0 Å². The van der Waals surface area contributed by atoms with Crippen molar-refractivity contribution in [2.45, 2.75) is 6.92 Å². The first-order valence-electron chi connectivity index (χ1n) is 0.908. The summed E-state index contributed by atoms with van der Waals surface area (Å²) >= 11 is 0. The smallest absolute Gasteiger partial charge is 0.550 e. The first-order chi connectivity index (χ1) is 1.73. The van der Waals surface area contributed by atoms with Crippen LogP contribution in [0.1, 0.15) is 6.92 Å². The molecule has 0 heterocycles. The summed E-state index contributed by atoms with van der Waals surface area (Å²) in [5.74, 6) is -1.08. The van der Waals surface area contributed by atoms with Crippen LogP contribution in [-0.4, -0.2) is 5.97 Å². The van der Waals surface area contributed by atoms with Crippen LogP contribution in [0.5, 0.6) is 0 Å². The second-order valence-electron chi connectivity index (χ2n) is 0.492. The number of rotatable bonds is 0. The molecule has 0 aromatic carbocycles. The first kappa shape index (κ1) is 25.2. The minimum Gasteiger partial charge on any atom is -0.550 e. The maximum atomic E-state index is 8.89. The summed E-state index contributed by atoms with van der Waals surface area (Å²) in [4.78, 5) is 8.89. The van der Waals surface area contributed by atoms with Crippen LogP contribution in [0.15, 0.2) is 0 Å². The molecule has 7 heavy (non-hydrogen) atoms. The molecule has 0 saturated carbocycles. The van der Waals surface area contributed by atoms with E-state index in [1.54, 1.807) is 0 Å². The van der Waals surface area contributed by atoms with Gasteiger partial charge in [-0.15, -0.1) is 12.4 Å². The summed E-state index contributed by atoms with van der Waals surface area (Å²) in [6.45, 7) is 0.972. The summed E-state index contributed by atoms with van der Waals surface area (Å²) in [6, 6.07) is 0. The molecule has 0 aliphatic heterocycles. The van der Waals surface area contributed by atoms with Gasteiger partial charge in [0.25, 0.3) is 0 Å². The van der Waals surface area contributed by atoms with E-state index in [1.165, 1.54) is 0 Å². The van der Waals surface area contributed by atoms with Crippen LogP contribution in [0.25, 0.3) is 0 Å². The molecule has 0 unspecified atom stereocenters. The van der Waals surface area contributed by atoms with E-state index in [4.69, 9.17) is 9.90 Å². The predicted octanol–water partition coefficient (Wildman–Crippen LogP) is -3.66. The fraction of sp³-hybridized carbons (Fsp3) is 0.500. The largest absolute Gasteiger partial charge is 1.00 e. The van der Waals surface area contributed by atoms with Gasteiger partial charge in [0, 0.05) is 5.97 Å². The Kier molecular flexibility index (Phi) is 57.2. The molecule has 0 aromatic heterocycles. The van der Waals surface area contributed by atoms with E-state index in [-0.39, 0.29) is 48.1 Å². The van der Waals surface area contributed by atoms with Gasteiger partial charge in [0.05, 0.1) is 0 Å². The van der Waals surface area contributed by atoms with Crippen molar-refractivity contribution < 1.29 is 39.5 Å². The fourth-order valence-corrected chi connectivity index (χ4v) is 0. The van der Waals surface area contributed by atoms with Gasteiger partial charge in [-0.05, 0) is 6.92 Å². The van der Waals surface area contributed by atoms with E-state index in [2.05, 4.69) is 0 Å². The molecule has 0 atom stereocenters. The standard InChI is InChI=1S/C2H4O2.ClH.H3N.Na/c1-2(3)4;;;/h1H3,(H,3,4);1H;1H3;/q;;;+1/p-1. The molecule has 0 radical (unpaired) electrons. The van der Waals surface area contributed by atoms with Crippen LogP contribution >= 0.6 is 12.4 Å². The molecule has 3 nitrogen and oxygen atoms in total. The summed E-state index contributed by atoms with van der Waals surface area (Å²) in [5.41, 5.74) is 0. The van der Waals surface area contributed by atoms with Crippen LogP contribution in [0.3, 0.4) is 0 Å². The molecule has 0 spiro atoms. The number of carbonyl (C=O) groups is 1. The normalized spacial score (nSPS) is 3.57. The zero-order chi connectivity index (χ0) is 3.58. The molecular formula is C2H7ClNNaO2. The number of hydrogen-bond donors (Lipinski definition) is 1. The van der Waals surface area contributed by atoms with E-state index in [0.717, 1.165) is 6.92 Å². The molecule has 0 aromatic rings. The second-order valence-corrected chi connectivity index (χ2v) is 0.492. The van der Waals surface area contributed by atoms with Crippen molar-refractivity contribution in [1.29, 1.82) is 0 Å². The summed E-state index contributed by atoms with van der Waals surface area (Å²) in [6.07, 6.45) is 0. The quantitative estimate of drug-likeness (QED) is 0.348. The van der Waals surface area contributed by atoms with Gasteiger partial charge in [0.1, 0.15) is 0 Å². The molecule has 3 N–H and O–H groups in total. The number of carboxylic acids is 1. The number of carboxylic acid groups (broad SMARTS) is 1. The molecule has 0 fully saturated rings. The van der Waals surface area contributed by atoms with Crippen molar-refractivity contribution >= 4 is 18.4 Å². The minimum absolute atomic E-state index is 0. The third-order valence-electron chi connectivity index (χ3n) is 0. The van der Waals surface area contributed by atoms with E-state index in [0.29, 0.717) is 0 Å². The fourth-order valence-electron chi connectivity index (χ4n) is 0. The van der Waals surface area contributed by atoms with E-state index >= 15 is 0 Å². The number of halogens is 1. The Morgan fingerprint density at radius 3 is 1.57 bits per heavy atom. The molecule has 5 heteroatoms. The van der Waals surface area contributed by atoms with Crippen LogP contribution in [0.2, 0.25) is 0 Å². The molecule has 0 saturated heterocycles. The summed E-state index contributed by atoms with van der Waals surface area (Å²) in [5, 5.41) is 8.89. The van der Waals surface area contributed by atoms with Crippen LogP contribution < -0.4 is 40.8 Å². The molecule has 0 aliphatic rings. The van der Waals surface area contributed by atoms with E-state index < -0.39 is 5.97 Å². The SMILES string of the molecule is CC(=O)[O-].Cl.N.[Na+]. The van der Waals surface area contributed by atoms with Gasteiger partial charge >= 0.3 is 29.6 Å². The molecule has 0 rings (SSSR count). The van der Waals surface area contributed by atoms with Gasteiger partial charge in [0.15, 0.2) is 0 Å². The summed E-state index contributed by atoms with van der Waals surface area (Å²) < 4.78 is 0. The Morgan fingerprint density at radius 1 is 1.57 bits per heavy atom. The van der Waals surface area contributed by atoms with Gasteiger partial charge in [-0.25, -0.2) is 0 Å². The van der Waals surface area contributed by atoms with Crippen LogP contribution in [0, 0.1) is 0 Å². The van der Waals surface area contributed by atoms with Crippen LogP contribution in [-0.2, 0) is 4.79 Å². The zero-order valence-corrected chi connectivity index (χ0v) is 7.25. The maximum Gasteiger partial charge on any atom is 1.00 e. The topological polar surface area (TPSA) is 75.1 Å². The monoisotopic (exact) mass is 135 g/mol. The Bertz CT molecular complexity index is 38.7. The average molecular weight is 136 g/mol. The maximum absolute atomic E-state index is 8.89. The molecule has 0 amide bonds. The van der Waals surface area contributed by atoms with E-state index in [9.17, 15) is 0 Å². The van der Waals surface area contributed by atoms with Crippen LogP contribution in [0.4, 0.5) is 0 Å². The number of aliphatic carboxylic acids is 1. The van der Waals surface area contributed by atoms with Gasteiger partial charge < -0.3 is 16.1 Å². The Labute approximate surface area is 70.8 Å². The third-order valence-corrected chi connectivity index (χ3v) is 0. The van der Waals surface area contributed by atoms with Gasteiger partial charge in [0.2, 0.25) is 0 Å². The number of carbonyl (C=O) groups excluding carboxylic acids is 1. The minimum atomic E-state index is -1.08. The Balaban J connectivity index is -0.0000000150. The molecule has 40 valence electrons. The molecular weight excluding hydrogens is 128 g/mol. The molecule has 0 bridgehead atoms. The van der Waals surface area contributed by atoms with Crippen molar-refractivity contribution in [2.75, 3.05) is 0 Å². The van der Waals surface area contributed by atoms with Gasteiger partial charge in [-0.3, -0.25) is 0 Å². The Hall–Kier alpha value is 0.720. The second kappa shape index (κ2) is 15.9. The van der Waals surface area contributed by atoms with E-state index in [1.807, 2.05) is 0 Å².